The van der Waals surface area contributed by atoms with Gasteiger partial charge in [-0.2, -0.15) is 16.9 Å². The first-order chi connectivity index (χ1) is 12.3. The van der Waals surface area contributed by atoms with Crippen LogP contribution in [0.2, 0.25) is 0 Å². The van der Waals surface area contributed by atoms with Gasteiger partial charge >= 0.3 is 0 Å². The number of nitrogens with zero attached hydrogens (tertiary/aromatic N) is 4. The van der Waals surface area contributed by atoms with Crippen LogP contribution in [0, 0.1) is 0 Å². The first kappa shape index (κ1) is 18.7. The molecule has 0 unspecified atom stereocenters. The molecule has 2 aliphatic rings. The first-order valence-electron chi connectivity index (χ1n) is 9.38. The van der Waals surface area contributed by atoms with Crippen molar-refractivity contribution in [1.82, 2.24) is 19.6 Å². The number of aromatic nitrogens is 2. The van der Waals surface area contributed by atoms with Crippen LogP contribution >= 0.6 is 11.8 Å². The Bertz CT molecular complexity index is 557. The van der Waals surface area contributed by atoms with Crippen LogP contribution in [0.4, 0.5) is 0 Å². The van der Waals surface area contributed by atoms with Gasteiger partial charge in [-0.05, 0) is 37.5 Å². The van der Waals surface area contributed by atoms with Crippen molar-refractivity contribution >= 4 is 17.7 Å². The van der Waals surface area contributed by atoms with E-state index in [1.165, 1.54) is 17.9 Å². The lowest BCUT2D eigenvalue weighted by Crippen LogP contribution is -2.40. The smallest absolute Gasteiger partial charge is 0.223 e. The van der Waals surface area contributed by atoms with Crippen molar-refractivity contribution in [2.24, 2.45) is 0 Å². The molecule has 0 saturated carbocycles. The molecule has 0 bridgehead atoms. The highest BCUT2D eigenvalue weighted by atomic mass is 32.2. The van der Waals surface area contributed by atoms with E-state index in [1.54, 1.807) is 0 Å². The average molecular weight is 367 g/mol. The molecule has 7 heteroatoms. The fourth-order valence-electron chi connectivity index (χ4n) is 3.54. The van der Waals surface area contributed by atoms with E-state index in [0.29, 0.717) is 19.6 Å². The highest BCUT2D eigenvalue weighted by molar-refractivity contribution is 7.98. The predicted octanol–water partition coefficient (Wildman–Crippen LogP) is 1.63. The Hall–Kier alpha value is -1.05. The fraction of sp³-hybridized carbons (Fsp3) is 0.778. The molecule has 0 atom stereocenters. The van der Waals surface area contributed by atoms with Crippen LogP contribution in [0.25, 0.3) is 0 Å². The molecular weight excluding hydrogens is 336 g/mol. The van der Waals surface area contributed by atoms with Crippen molar-refractivity contribution in [3.63, 3.8) is 0 Å². The van der Waals surface area contributed by atoms with Crippen molar-refractivity contribution in [2.45, 2.75) is 38.8 Å². The van der Waals surface area contributed by atoms with Crippen LogP contribution in [0.15, 0.2) is 6.07 Å². The number of rotatable bonds is 7. The van der Waals surface area contributed by atoms with E-state index in [2.05, 4.69) is 21.9 Å². The summed E-state index contributed by atoms with van der Waals surface area (Å²) in [5.41, 5.74) is 2.36. The van der Waals surface area contributed by atoms with Crippen LogP contribution in [0.5, 0.6) is 0 Å². The number of thioether (sulfide) groups is 1. The molecule has 1 amide bonds. The number of aryl methyl sites for hydroxylation is 2. The lowest BCUT2D eigenvalue weighted by molar-refractivity contribution is -0.135. The molecule has 1 saturated heterocycles. The lowest BCUT2D eigenvalue weighted by Gasteiger charge is -2.26. The lowest BCUT2D eigenvalue weighted by atomic mass is 10.2. The molecule has 1 aromatic rings. The normalized spacial score (nSPS) is 18.8. The molecule has 2 aliphatic heterocycles. The number of hydrogen-bond donors (Lipinski definition) is 0. The van der Waals surface area contributed by atoms with Gasteiger partial charge < -0.3 is 9.64 Å². The van der Waals surface area contributed by atoms with Gasteiger partial charge in [0.2, 0.25) is 5.91 Å². The highest BCUT2D eigenvalue weighted by Gasteiger charge is 2.19. The molecule has 3 rings (SSSR count). The van der Waals surface area contributed by atoms with Gasteiger partial charge in [0.25, 0.3) is 0 Å². The van der Waals surface area contributed by atoms with Gasteiger partial charge in [-0.3, -0.25) is 14.4 Å². The third-order valence-electron chi connectivity index (χ3n) is 4.93. The van der Waals surface area contributed by atoms with E-state index in [0.717, 1.165) is 57.8 Å². The largest absolute Gasteiger partial charge is 0.378 e. The second-order valence-electron chi connectivity index (χ2n) is 6.82. The van der Waals surface area contributed by atoms with Gasteiger partial charge in [0.15, 0.2) is 0 Å². The van der Waals surface area contributed by atoms with Crippen LogP contribution in [0.1, 0.15) is 30.7 Å². The fourth-order valence-corrected chi connectivity index (χ4v) is 3.96. The van der Waals surface area contributed by atoms with E-state index in [-0.39, 0.29) is 5.91 Å². The summed E-state index contributed by atoms with van der Waals surface area (Å²) in [6, 6.07) is 2.21. The van der Waals surface area contributed by atoms with Crippen molar-refractivity contribution in [2.75, 3.05) is 51.4 Å². The minimum atomic E-state index is 0.227. The average Bonchev–Trinajstić information content (AvgIpc) is 2.92. The molecule has 3 heterocycles. The van der Waals surface area contributed by atoms with Gasteiger partial charge in [0.05, 0.1) is 24.6 Å². The van der Waals surface area contributed by atoms with E-state index in [1.807, 2.05) is 16.7 Å². The molecule has 1 fully saturated rings. The molecule has 0 N–H and O–H groups in total. The minimum absolute atomic E-state index is 0.227. The van der Waals surface area contributed by atoms with Gasteiger partial charge in [-0.25, -0.2) is 0 Å². The Morgan fingerprint density at radius 2 is 2.12 bits per heavy atom. The Kier molecular flexibility index (Phi) is 7.19. The van der Waals surface area contributed by atoms with Crippen LogP contribution < -0.4 is 0 Å². The third kappa shape index (κ3) is 5.46. The predicted molar refractivity (Wildman–Crippen MR) is 101 cm³/mol. The molecule has 0 aromatic carbocycles. The maximum atomic E-state index is 12.3. The summed E-state index contributed by atoms with van der Waals surface area (Å²) in [5.74, 6) is 1.45. The summed E-state index contributed by atoms with van der Waals surface area (Å²) in [6.45, 7) is 7.07. The third-order valence-corrected chi connectivity index (χ3v) is 5.62. The van der Waals surface area contributed by atoms with E-state index < -0.39 is 0 Å². The van der Waals surface area contributed by atoms with Gasteiger partial charge in [-0.15, -0.1) is 0 Å². The summed E-state index contributed by atoms with van der Waals surface area (Å²) in [5, 5.41) is 4.75. The van der Waals surface area contributed by atoms with Crippen LogP contribution in [-0.4, -0.2) is 76.9 Å². The Labute approximate surface area is 154 Å². The zero-order valence-corrected chi connectivity index (χ0v) is 16.1. The summed E-state index contributed by atoms with van der Waals surface area (Å²) < 4.78 is 7.47. The van der Waals surface area contributed by atoms with E-state index in [9.17, 15) is 4.79 Å². The summed E-state index contributed by atoms with van der Waals surface area (Å²) in [4.78, 5) is 16.7. The minimum Gasteiger partial charge on any atom is -0.378 e. The molecule has 0 spiro atoms. The second-order valence-corrected chi connectivity index (χ2v) is 7.80. The number of carbonyl (C=O) groups excluding carboxylic acids is 1. The zero-order valence-electron chi connectivity index (χ0n) is 15.3. The molecule has 0 radical (unpaired) electrons. The van der Waals surface area contributed by atoms with E-state index in [4.69, 9.17) is 9.84 Å². The standard InChI is InChI=1S/C18H30N4O2S/c1-25-13-3-7-20-6-2-8-22-17(15-20)14-16(19-22)4-5-18(23)21-9-11-24-12-10-21/h14H,2-13,15H2,1H3. The number of ether oxygens (including phenoxy) is 1. The Morgan fingerprint density at radius 1 is 1.28 bits per heavy atom. The maximum absolute atomic E-state index is 12.3. The molecule has 0 aliphatic carbocycles. The van der Waals surface area contributed by atoms with Crippen molar-refractivity contribution in [3.8, 4) is 0 Å². The number of hydrogen-bond acceptors (Lipinski definition) is 5. The summed E-state index contributed by atoms with van der Waals surface area (Å²) >= 11 is 1.92. The Balaban J connectivity index is 1.51. The topological polar surface area (TPSA) is 50.6 Å². The molecule has 1 aromatic heterocycles. The maximum Gasteiger partial charge on any atom is 0.223 e. The Morgan fingerprint density at radius 3 is 2.92 bits per heavy atom. The van der Waals surface area contributed by atoms with Gasteiger partial charge in [-0.1, -0.05) is 0 Å². The highest BCUT2D eigenvalue weighted by Crippen LogP contribution is 2.16. The molecular formula is C18H30N4O2S. The number of morpholine rings is 1. The van der Waals surface area contributed by atoms with Crippen molar-refractivity contribution in [1.29, 1.82) is 0 Å². The molecule has 140 valence electrons. The van der Waals surface area contributed by atoms with E-state index >= 15 is 0 Å². The van der Waals surface area contributed by atoms with Crippen molar-refractivity contribution < 1.29 is 9.53 Å². The van der Waals surface area contributed by atoms with Crippen molar-refractivity contribution in [3.05, 3.63) is 17.5 Å². The number of fused-ring (bicyclic) bond motifs is 1. The quantitative estimate of drug-likeness (QED) is 0.687. The summed E-state index contributed by atoms with van der Waals surface area (Å²) in [7, 11) is 0. The molecule has 6 nitrogen and oxygen atoms in total. The number of carbonyl (C=O) groups is 1. The SMILES string of the molecule is CSCCCN1CCCn2nc(CCC(=O)N3CCOCC3)cc2C1. The van der Waals surface area contributed by atoms with Gasteiger partial charge in [0, 0.05) is 45.6 Å². The monoisotopic (exact) mass is 366 g/mol. The summed E-state index contributed by atoms with van der Waals surface area (Å²) in [6.07, 6.45) is 5.86. The van der Waals surface area contributed by atoms with Crippen LogP contribution in [-0.2, 0) is 29.0 Å². The first-order valence-corrected chi connectivity index (χ1v) is 10.8. The molecule has 25 heavy (non-hydrogen) atoms. The van der Waals surface area contributed by atoms with Crippen LogP contribution in [0.3, 0.4) is 0 Å². The zero-order chi connectivity index (χ0) is 17.5. The second kappa shape index (κ2) is 9.59. The van der Waals surface area contributed by atoms with Gasteiger partial charge in [0.1, 0.15) is 0 Å². The number of amides is 1.